The van der Waals surface area contributed by atoms with E-state index in [1.54, 1.807) is 12.3 Å². The molecule has 2 unspecified atom stereocenters. The molecule has 2 heteroatoms. The number of rotatable bonds is 13. The molecule has 22 heavy (non-hydrogen) atoms. The van der Waals surface area contributed by atoms with Crippen LogP contribution in [0.3, 0.4) is 0 Å². The van der Waals surface area contributed by atoms with Gasteiger partial charge in [0.1, 0.15) is 0 Å². The third-order valence-corrected chi connectivity index (χ3v) is 11.2. The van der Waals surface area contributed by atoms with E-state index >= 15 is 0 Å². The van der Waals surface area contributed by atoms with E-state index in [0.29, 0.717) is 0 Å². The summed E-state index contributed by atoms with van der Waals surface area (Å²) in [7, 11) is 0.562. The van der Waals surface area contributed by atoms with Gasteiger partial charge in [-0.1, -0.05) is 68.2 Å². The first-order valence-electron chi connectivity index (χ1n) is 9.72. The van der Waals surface area contributed by atoms with Crippen LogP contribution >= 0.6 is 15.8 Å². The second-order valence-corrected chi connectivity index (χ2v) is 14.5. The normalized spacial score (nSPS) is 15.3. The van der Waals surface area contributed by atoms with Crippen LogP contribution in [0.15, 0.2) is 0 Å². The maximum atomic E-state index is 2.47. The Morgan fingerprint density at radius 3 is 1.05 bits per heavy atom. The van der Waals surface area contributed by atoms with Crippen molar-refractivity contribution in [2.24, 2.45) is 11.8 Å². The minimum atomic E-state index is 0.281. The predicted molar refractivity (Wildman–Crippen MR) is 112 cm³/mol. The van der Waals surface area contributed by atoms with Gasteiger partial charge in [0, 0.05) is 0 Å². The molecule has 0 aliphatic rings. The summed E-state index contributed by atoms with van der Waals surface area (Å²) in [6.07, 6.45) is 11.9. The molecule has 2 atom stereocenters. The van der Waals surface area contributed by atoms with E-state index in [0.717, 1.165) is 23.2 Å². The zero-order valence-electron chi connectivity index (χ0n) is 16.9. The molecule has 0 N–H and O–H groups in total. The fraction of sp³-hybridized carbons (Fsp3) is 1.00. The summed E-state index contributed by atoms with van der Waals surface area (Å²) in [6, 6.07) is 0. The zero-order chi connectivity index (χ0) is 17.1. The van der Waals surface area contributed by atoms with E-state index in [2.05, 4.69) is 55.4 Å². The lowest BCUT2D eigenvalue weighted by Gasteiger charge is -2.27. The highest BCUT2D eigenvalue weighted by atomic mass is 31.1. The Kier molecular flexibility index (Phi) is 13.7. The Hall–Kier alpha value is 0.860. The van der Waals surface area contributed by atoms with Gasteiger partial charge in [-0.3, -0.25) is 0 Å². The summed E-state index contributed by atoms with van der Waals surface area (Å²) in [5.41, 5.74) is 1.86. The molecular weight excluding hydrogens is 302 g/mol. The summed E-state index contributed by atoms with van der Waals surface area (Å²) >= 11 is 0. The Balaban J connectivity index is 4.20. The Morgan fingerprint density at radius 1 is 0.500 bits per heavy atom. The van der Waals surface area contributed by atoms with Crippen molar-refractivity contribution in [1.82, 2.24) is 0 Å². The van der Waals surface area contributed by atoms with Gasteiger partial charge in [-0.15, -0.1) is 15.8 Å². The smallest absolute Gasteiger partial charge is 0.0266 e. The molecule has 0 heterocycles. The Bertz CT molecular complexity index is 220. The van der Waals surface area contributed by atoms with E-state index in [9.17, 15) is 0 Å². The maximum absolute atomic E-state index is 2.47. The fourth-order valence-corrected chi connectivity index (χ4v) is 8.66. The van der Waals surface area contributed by atoms with Gasteiger partial charge in [0.05, 0.1) is 0 Å². The first-order valence-corrected chi connectivity index (χ1v) is 13.3. The molecule has 0 aliphatic carbocycles. The SMILES string of the molecule is CC(C)CCCP(CCP(CCCC(C)C)C(C)C)C(C)C. The molecule has 0 aromatic rings. The lowest BCUT2D eigenvalue weighted by Crippen LogP contribution is -2.09. The molecule has 0 aliphatic heterocycles. The van der Waals surface area contributed by atoms with Crippen LogP contribution in [-0.2, 0) is 0 Å². The van der Waals surface area contributed by atoms with Crippen molar-refractivity contribution in [2.75, 3.05) is 24.6 Å². The van der Waals surface area contributed by atoms with Crippen molar-refractivity contribution in [3.8, 4) is 0 Å². The quantitative estimate of drug-likeness (QED) is 0.301. The van der Waals surface area contributed by atoms with Gasteiger partial charge in [-0.2, -0.15) is 0 Å². The van der Waals surface area contributed by atoms with Gasteiger partial charge in [-0.05, 0) is 60.6 Å². The summed E-state index contributed by atoms with van der Waals surface area (Å²) < 4.78 is 0. The van der Waals surface area contributed by atoms with Crippen LogP contribution in [-0.4, -0.2) is 36.0 Å². The van der Waals surface area contributed by atoms with Crippen LogP contribution in [0.4, 0.5) is 0 Å². The molecule has 134 valence electrons. The molecule has 0 saturated carbocycles. The average Bonchev–Trinajstić information content (AvgIpc) is 2.38. The minimum Gasteiger partial charge on any atom is -0.104 e. The molecule has 0 amide bonds. The molecular formula is C20H44P2. The first kappa shape index (κ1) is 22.9. The molecule has 0 nitrogen and oxygen atoms in total. The van der Waals surface area contributed by atoms with Crippen molar-refractivity contribution in [3.05, 3.63) is 0 Å². The summed E-state index contributed by atoms with van der Waals surface area (Å²) in [5.74, 6) is 1.76. The number of hydrogen-bond acceptors (Lipinski definition) is 0. The van der Waals surface area contributed by atoms with E-state index in [4.69, 9.17) is 0 Å². The van der Waals surface area contributed by atoms with Crippen LogP contribution in [0.2, 0.25) is 0 Å². The molecule has 0 fully saturated rings. The van der Waals surface area contributed by atoms with E-state index in [1.165, 1.54) is 38.0 Å². The van der Waals surface area contributed by atoms with Crippen molar-refractivity contribution >= 4 is 15.8 Å². The third kappa shape index (κ3) is 12.3. The van der Waals surface area contributed by atoms with Gasteiger partial charge in [0.25, 0.3) is 0 Å². The van der Waals surface area contributed by atoms with Crippen molar-refractivity contribution in [1.29, 1.82) is 0 Å². The maximum Gasteiger partial charge on any atom is -0.0266 e. The van der Waals surface area contributed by atoms with Crippen molar-refractivity contribution < 1.29 is 0 Å². The molecule has 0 rings (SSSR count). The standard InChI is InChI=1S/C20H44P2/c1-17(2)11-9-13-21(19(5)6)15-16-22(20(7)8)14-10-12-18(3)4/h17-20H,9-16H2,1-8H3. The topological polar surface area (TPSA) is 0 Å². The fourth-order valence-electron chi connectivity index (χ4n) is 2.92. The lowest BCUT2D eigenvalue weighted by molar-refractivity contribution is 0.577. The second-order valence-electron chi connectivity index (χ2n) is 8.33. The molecule has 0 aromatic carbocycles. The Labute approximate surface area is 145 Å². The first-order chi connectivity index (χ1) is 10.2. The highest BCUT2D eigenvalue weighted by molar-refractivity contribution is 7.62. The molecule has 0 spiro atoms. The monoisotopic (exact) mass is 346 g/mol. The minimum absolute atomic E-state index is 0.281. The van der Waals surface area contributed by atoms with E-state index in [-0.39, 0.29) is 15.8 Å². The van der Waals surface area contributed by atoms with Crippen LogP contribution in [0.1, 0.15) is 81.1 Å². The van der Waals surface area contributed by atoms with Crippen molar-refractivity contribution in [2.45, 2.75) is 92.4 Å². The number of hydrogen-bond donors (Lipinski definition) is 0. The summed E-state index contributed by atoms with van der Waals surface area (Å²) in [5, 5.41) is 0. The van der Waals surface area contributed by atoms with Crippen LogP contribution in [0.25, 0.3) is 0 Å². The average molecular weight is 347 g/mol. The summed E-state index contributed by atoms with van der Waals surface area (Å²) in [4.78, 5) is 0. The van der Waals surface area contributed by atoms with E-state index < -0.39 is 0 Å². The predicted octanol–water partition coefficient (Wildman–Crippen LogP) is 7.64. The van der Waals surface area contributed by atoms with Gasteiger partial charge in [0.2, 0.25) is 0 Å². The molecule has 0 aromatic heterocycles. The second kappa shape index (κ2) is 13.2. The highest BCUT2D eigenvalue weighted by Crippen LogP contribution is 2.49. The Morgan fingerprint density at radius 2 is 0.818 bits per heavy atom. The van der Waals surface area contributed by atoms with Gasteiger partial charge < -0.3 is 0 Å². The molecule has 0 radical (unpaired) electrons. The highest BCUT2D eigenvalue weighted by Gasteiger charge is 2.18. The lowest BCUT2D eigenvalue weighted by atomic mass is 10.1. The van der Waals surface area contributed by atoms with Crippen LogP contribution < -0.4 is 0 Å². The van der Waals surface area contributed by atoms with Crippen LogP contribution in [0, 0.1) is 11.8 Å². The third-order valence-electron chi connectivity index (χ3n) is 4.59. The zero-order valence-corrected chi connectivity index (χ0v) is 18.6. The summed E-state index contributed by atoms with van der Waals surface area (Å²) in [6.45, 7) is 19.3. The van der Waals surface area contributed by atoms with Crippen molar-refractivity contribution in [3.63, 3.8) is 0 Å². The molecule has 0 bridgehead atoms. The van der Waals surface area contributed by atoms with Crippen LogP contribution in [0.5, 0.6) is 0 Å². The van der Waals surface area contributed by atoms with E-state index in [1.807, 2.05) is 0 Å². The van der Waals surface area contributed by atoms with Gasteiger partial charge in [-0.25, -0.2) is 0 Å². The van der Waals surface area contributed by atoms with Gasteiger partial charge in [0.15, 0.2) is 0 Å². The molecule has 0 saturated heterocycles. The van der Waals surface area contributed by atoms with Gasteiger partial charge >= 0.3 is 0 Å². The largest absolute Gasteiger partial charge is 0.104 e.